The second-order valence-corrected chi connectivity index (χ2v) is 20.7. The van der Waals surface area contributed by atoms with Gasteiger partial charge in [0.15, 0.2) is 0 Å². The minimum absolute atomic E-state index is 0.0142. The van der Waals surface area contributed by atoms with Crippen LogP contribution >= 0.6 is 23.4 Å². The minimum Gasteiger partial charge on any atom is -0.368 e. The van der Waals surface area contributed by atoms with Crippen LogP contribution in [0.5, 0.6) is 0 Å². The molecule has 0 unspecified atom stereocenters. The van der Waals surface area contributed by atoms with Gasteiger partial charge in [0.25, 0.3) is 0 Å². The molecule has 8 atom stereocenters. The van der Waals surface area contributed by atoms with Crippen molar-refractivity contribution in [2.45, 2.75) is 137 Å². The van der Waals surface area contributed by atoms with Gasteiger partial charge in [0.2, 0.25) is 41.4 Å². The van der Waals surface area contributed by atoms with Crippen LogP contribution in [0.4, 0.5) is 9.59 Å². The monoisotopic (exact) mass is 1060 g/mol. The SMILES string of the molecule is CN(C(=O)CCl)[C@@H](Cc1ccccc1)C(=O)N1CCCC[C@H]1C(=O)N[C@@H](Cc1c[nH]c2ccccc12)C(=O)N[C@@H](CCCNC(N)=O)C(=O)N[C@@H](CCCCNC(=O)CCCC[C@H]1SC[C@H]2NC(=O)N[C@H]21)C(N)=O. The van der Waals surface area contributed by atoms with Crippen LogP contribution in [0.2, 0.25) is 0 Å². The van der Waals surface area contributed by atoms with Gasteiger partial charge in [0, 0.05) is 74.0 Å². The summed E-state index contributed by atoms with van der Waals surface area (Å²) < 4.78 is 0. The van der Waals surface area contributed by atoms with Crippen molar-refractivity contribution in [3.8, 4) is 0 Å². The molecule has 11 amide bonds. The summed E-state index contributed by atoms with van der Waals surface area (Å²) in [5.41, 5.74) is 13.3. The Hall–Kier alpha value is -6.55. The molecule has 6 rings (SSSR count). The van der Waals surface area contributed by atoms with Crippen LogP contribution in [-0.2, 0) is 46.4 Å². The molecule has 2 aromatic carbocycles. The number of carbonyl (C=O) groups excluding carboxylic acids is 9. The average Bonchev–Trinajstić information content (AvgIpc) is 4.10. The van der Waals surface area contributed by atoms with Gasteiger partial charge in [-0.25, -0.2) is 9.59 Å². The lowest BCUT2D eigenvalue weighted by Crippen LogP contribution is -2.61. The van der Waals surface area contributed by atoms with Gasteiger partial charge < -0.3 is 63.5 Å². The van der Waals surface area contributed by atoms with Crippen molar-refractivity contribution >= 4 is 87.7 Å². The number of primary amides is 2. The molecule has 0 spiro atoms. The largest absolute Gasteiger partial charge is 0.368 e. The van der Waals surface area contributed by atoms with Gasteiger partial charge >= 0.3 is 12.1 Å². The highest BCUT2D eigenvalue weighted by atomic mass is 35.5. The van der Waals surface area contributed by atoms with Crippen LogP contribution in [0.1, 0.15) is 88.2 Å². The van der Waals surface area contributed by atoms with Crippen molar-refractivity contribution < 1.29 is 43.2 Å². The van der Waals surface area contributed by atoms with E-state index in [-0.39, 0.29) is 81.5 Å². The van der Waals surface area contributed by atoms with Gasteiger partial charge in [0.1, 0.15) is 36.1 Å². The highest BCUT2D eigenvalue weighted by molar-refractivity contribution is 8.00. The fraction of sp³-hybridized carbons (Fsp3) is 0.549. The topological polar surface area (TPSA) is 312 Å². The van der Waals surface area contributed by atoms with E-state index in [1.807, 2.05) is 66.4 Å². The summed E-state index contributed by atoms with van der Waals surface area (Å²) in [7, 11) is 1.51. The van der Waals surface area contributed by atoms with Gasteiger partial charge in [-0.05, 0) is 81.4 Å². The first-order chi connectivity index (χ1) is 35.6. The number of aromatic amines is 1. The number of hydrogen-bond acceptors (Lipinski definition) is 10. The number of aromatic nitrogens is 1. The molecular formula is C51H71ClN12O9S. The average molecular weight is 1060 g/mol. The Labute approximate surface area is 440 Å². The summed E-state index contributed by atoms with van der Waals surface area (Å²) in [5.74, 6) is -3.33. The number of likely N-dealkylation sites (N-methyl/N-ethyl adjacent to an activating group) is 1. The van der Waals surface area contributed by atoms with Crippen molar-refractivity contribution in [3.05, 3.63) is 71.9 Å². The highest BCUT2D eigenvalue weighted by Crippen LogP contribution is 2.33. The second-order valence-electron chi connectivity index (χ2n) is 19.2. The molecule has 3 fully saturated rings. The number of rotatable bonds is 28. The van der Waals surface area contributed by atoms with E-state index in [2.05, 4.69) is 42.2 Å². The number of unbranched alkanes of at least 4 members (excludes halogenated alkanes) is 2. The Morgan fingerprint density at radius 1 is 0.811 bits per heavy atom. The van der Waals surface area contributed by atoms with Gasteiger partial charge in [-0.2, -0.15) is 11.8 Å². The lowest BCUT2D eigenvalue weighted by atomic mass is 9.96. The van der Waals surface area contributed by atoms with Crippen LogP contribution in [0.3, 0.4) is 0 Å². The number of likely N-dealkylation sites (tertiary alicyclic amines) is 1. The van der Waals surface area contributed by atoms with Gasteiger partial charge in [0.05, 0.1) is 12.1 Å². The number of hydrogen-bond donors (Lipinski definition) is 10. The minimum atomic E-state index is -1.28. The van der Waals surface area contributed by atoms with Gasteiger partial charge in [-0.15, -0.1) is 11.6 Å². The second kappa shape index (κ2) is 28.2. The number of alkyl halides is 1. The van der Waals surface area contributed by atoms with Crippen LogP contribution in [0, 0.1) is 0 Å². The molecule has 1 aromatic heterocycles. The molecule has 3 aliphatic heterocycles. The smallest absolute Gasteiger partial charge is 0.315 e. The first-order valence-corrected chi connectivity index (χ1v) is 27.1. The summed E-state index contributed by atoms with van der Waals surface area (Å²) in [5, 5.41) is 20.8. The van der Waals surface area contributed by atoms with Crippen LogP contribution < -0.4 is 48.7 Å². The summed E-state index contributed by atoms with van der Waals surface area (Å²) in [6, 6.07) is 10.3. The number of piperidine rings is 1. The molecule has 402 valence electrons. The van der Waals surface area contributed by atoms with Crippen LogP contribution in [0.25, 0.3) is 10.9 Å². The van der Waals surface area contributed by atoms with Crippen molar-refractivity contribution in [2.75, 3.05) is 38.3 Å². The lowest BCUT2D eigenvalue weighted by Gasteiger charge is -2.39. The number of nitrogens with one attached hydrogen (secondary N) is 8. The van der Waals surface area contributed by atoms with E-state index in [0.29, 0.717) is 55.9 Å². The predicted molar refractivity (Wildman–Crippen MR) is 281 cm³/mol. The van der Waals surface area contributed by atoms with E-state index in [1.165, 1.54) is 16.8 Å². The lowest BCUT2D eigenvalue weighted by molar-refractivity contribution is -0.150. The number of amides is 11. The number of carbonyl (C=O) groups is 9. The zero-order chi connectivity index (χ0) is 53.1. The Balaban J connectivity index is 1.10. The first-order valence-electron chi connectivity index (χ1n) is 25.5. The van der Waals surface area contributed by atoms with Crippen molar-refractivity contribution in [3.63, 3.8) is 0 Å². The Morgan fingerprint density at radius 2 is 1.53 bits per heavy atom. The van der Waals surface area contributed by atoms with E-state index in [4.69, 9.17) is 23.1 Å². The number of benzene rings is 2. The normalized spacial score (nSPS) is 19.6. The van der Waals surface area contributed by atoms with E-state index in [1.54, 1.807) is 6.20 Å². The maximum Gasteiger partial charge on any atom is 0.315 e. The fourth-order valence-electron chi connectivity index (χ4n) is 9.83. The molecule has 74 heavy (non-hydrogen) atoms. The van der Waals surface area contributed by atoms with Gasteiger partial charge in [-0.3, -0.25) is 33.6 Å². The van der Waals surface area contributed by atoms with E-state index in [9.17, 15) is 43.2 Å². The summed E-state index contributed by atoms with van der Waals surface area (Å²) in [4.78, 5) is 125. The number of halogens is 1. The third-order valence-corrected chi connectivity index (χ3v) is 15.7. The third-order valence-electron chi connectivity index (χ3n) is 13.9. The molecule has 21 nitrogen and oxygen atoms in total. The standard InChI is InChI=1S/C51H71ClN12O9S/c1-63(43(66)28-52)40(26-31-14-3-2-4-15-31)49(71)64-25-12-10-20-39(64)48(70)60-37(27-32-29-57-34-17-6-5-16-33(32)34)47(69)59-36(19-13-24-56-50(54)72)46(68)58-35(45(53)67)18-9-11-23-55-42(65)22-8-7-21-41-44-38(30-74-41)61-51(73)62-44/h2-6,14-17,29,35-41,44,57H,7-13,18-28,30H2,1H3,(H2,53,67)(H,55,65)(H,58,68)(H,59,69)(H,60,70)(H3,54,56,72)(H2,61,62,73)/t35-,36-,37-,38+,39-,40-,41+,44+/m0/s1. The van der Waals surface area contributed by atoms with Crippen LogP contribution in [-0.4, -0.2) is 154 Å². The molecule has 0 saturated carbocycles. The molecule has 4 heterocycles. The Kier molecular flexibility index (Phi) is 21.6. The van der Waals surface area contributed by atoms with E-state index >= 15 is 0 Å². The van der Waals surface area contributed by atoms with E-state index in [0.717, 1.165) is 35.1 Å². The molecule has 3 aliphatic rings. The molecule has 0 bridgehead atoms. The number of fused-ring (bicyclic) bond motifs is 2. The summed E-state index contributed by atoms with van der Waals surface area (Å²) in [6.07, 6.45) is 7.42. The molecule has 12 N–H and O–H groups in total. The molecule has 0 aliphatic carbocycles. The highest BCUT2D eigenvalue weighted by Gasteiger charge is 2.43. The Morgan fingerprint density at radius 3 is 2.28 bits per heavy atom. The number of thioether (sulfide) groups is 1. The summed E-state index contributed by atoms with van der Waals surface area (Å²) in [6.45, 7) is 0.639. The molecule has 23 heteroatoms. The molecule has 3 saturated heterocycles. The Bertz CT molecular complexity index is 2450. The first kappa shape index (κ1) is 56.7. The third kappa shape index (κ3) is 16.2. The molecule has 3 aromatic rings. The summed E-state index contributed by atoms with van der Waals surface area (Å²) >= 11 is 7.79. The number of nitrogens with zero attached hydrogens (tertiary/aromatic N) is 2. The quantitative estimate of drug-likeness (QED) is 0.0286. The van der Waals surface area contributed by atoms with E-state index < -0.39 is 71.7 Å². The predicted octanol–water partition coefficient (Wildman–Crippen LogP) is 1.80. The molecular weight excluding hydrogens is 992 g/mol. The van der Waals surface area contributed by atoms with Crippen molar-refractivity contribution in [2.24, 2.45) is 11.5 Å². The fourth-order valence-corrected chi connectivity index (χ4v) is 11.6. The maximum absolute atomic E-state index is 14.6. The zero-order valence-electron chi connectivity index (χ0n) is 41.8. The van der Waals surface area contributed by atoms with Crippen LogP contribution in [0.15, 0.2) is 60.8 Å². The number of para-hydroxylation sites is 1. The van der Waals surface area contributed by atoms with Crippen molar-refractivity contribution in [1.29, 1.82) is 0 Å². The van der Waals surface area contributed by atoms with Gasteiger partial charge in [-0.1, -0.05) is 55.0 Å². The number of nitrogens with two attached hydrogens (primary N) is 2. The van der Waals surface area contributed by atoms with Crippen molar-refractivity contribution in [1.82, 2.24) is 52.0 Å². The number of H-pyrrole nitrogens is 1. The maximum atomic E-state index is 14.6. The zero-order valence-corrected chi connectivity index (χ0v) is 43.4. The molecule has 0 radical (unpaired) electrons. The number of urea groups is 2.